The second-order valence-electron chi connectivity index (χ2n) is 8.09. The third-order valence-corrected chi connectivity index (χ3v) is 7.30. The van der Waals surface area contributed by atoms with E-state index in [2.05, 4.69) is 15.3 Å². The van der Waals surface area contributed by atoms with Crippen molar-refractivity contribution in [1.82, 2.24) is 15.3 Å². The van der Waals surface area contributed by atoms with E-state index < -0.39 is 0 Å². The van der Waals surface area contributed by atoms with Gasteiger partial charge < -0.3 is 5.32 Å². The van der Waals surface area contributed by atoms with E-state index in [1.165, 1.54) is 32.1 Å². The van der Waals surface area contributed by atoms with Crippen LogP contribution < -0.4 is 5.32 Å². The zero-order valence-corrected chi connectivity index (χ0v) is 15.0. The molecular formula is C20H23N3OS. The average Bonchev–Trinajstić information content (AvgIpc) is 3.07. The Balaban J connectivity index is 1.23. The van der Waals surface area contributed by atoms with Gasteiger partial charge in [-0.25, -0.2) is 4.98 Å². The molecule has 0 spiro atoms. The molecule has 0 saturated heterocycles. The molecule has 4 aliphatic carbocycles. The van der Waals surface area contributed by atoms with Gasteiger partial charge in [-0.15, -0.1) is 11.3 Å². The SMILES string of the molecule is O=C(Cc1csc(-c2cccnc2)n1)NC1C2CC3CC(C2)CC1C3. The van der Waals surface area contributed by atoms with Crippen LogP contribution in [-0.4, -0.2) is 21.9 Å². The van der Waals surface area contributed by atoms with Crippen molar-refractivity contribution in [3.05, 3.63) is 35.6 Å². The predicted octanol–water partition coefficient (Wildman–Crippen LogP) is 3.69. The van der Waals surface area contributed by atoms with Gasteiger partial charge in [0, 0.05) is 29.4 Å². The summed E-state index contributed by atoms with van der Waals surface area (Å²) in [5, 5.41) is 6.31. The molecule has 0 aromatic carbocycles. The predicted molar refractivity (Wildman–Crippen MR) is 98.0 cm³/mol. The van der Waals surface area contributed by atoms with Gasteiger partial charge in [-0.3, -0.25) is 9.78 Å². The molecule has 4 bridgehead atoms. The van der Waals surface area contributed by atoms with Crippen LogP contribution >= 0.6 is 11.3 Å². The second-order valence-corrected chi connectivity index (χ2v) is 8.94. The molecule has 25 heavy (non-hydrogen) atoms. The summed E-state index contributed by atoms with van der Waals surface area (Å²) in [7, 11) is 0. The number of amides is 1. The number of rotatable bonds is 4. The van der Waals surface area contributed by atoms with Gasteiger partial charge in [0.25, 0.3) is 0 Å². The Morgan fingerprint density at radius 1 is 1.16 bits per heavy atom. The summed E-state index contributed by atoms with van der Waals surface area (Å²) in [6.45, 7) is 0. The molecule has 5 heteroatoms. The van der Waals surface area contributed by atoms with Crippen LogP contribution in [0.25, 0.3) is 10.6 Å². The highest BCUT2D eigenvalue weighted by Crippen LogP contribution is 2.53. The van der Waals surface area contributed by atoms with Gasteiger partial charge in [-0.2, -0.15) is 0 Å². The minimum Gasteiger partial charge on any atom is -0.352 e. The van der Waals surface area contributed by atoms with Crippen molar-refractivity contribution in [2.75, 3.05) is 0 Å². The first-order valence-electron chi connectivity index (χ1n) is 9.39. The summed E-state index contributed by atoms with van der Waals surface area (Å²) in [5.41, 5.74) is 1.88. The quantitative estimate of drug-likeness (QED) is 0.912. The minimum absolute atomic E-state index is 0.139. The van der Waals surface area contributed by atoms with E-state index in [0.29, 0.717) is 12.5 Å². The van der Waals surface area contributed by atoms with E-state index in [1.807, 2.05) is 23.7 Å². The molecule has 4 saturated carbocycles. The number of carbonyl (C=O) groups is 1. The molecular weight excluding hydrogens is 330 g/mol. The first-order chi connectivity index (χ1) is 12.2. The lowest BCUT2D eigenvalue weighted by Gasteiger charge is -2.54. The third-order valence-electron chi connectivity index (χ3n) is 6.36. The van der Waals surface area contributed by atoms with Crippen molar-refractivity contribution in [1.29, 1.82) is 0 Å². The summed E-state index contributed by atoms with van der Waals surface area (Å²) in [6, 6.07) is 4.33. The van der Waals surface area contributed by atoms with Crippen molar-refractivity contribution in [3.8, 4) is 10.6 Å². The number of hydrogen-bond donors (Lipinski definition) is 1. The van der Waals surface area contributed by atoms with Crippen molar-refractivity contribution in [3.63, 3.8) is 0 Å². The summed E-state index contributed by atoms with van der Waals surface area (Å²) < 4.78 is 0. The van der Waals surface area contributed by atoms with Crippen LogP contribution in [0.15, 0.2) is 29.9 Å². The molecule has 4 nitrogen and oxygen atoms in total. The van der Waals surface area contributed by atoms with Crippen LogP contribution in [0.4, 0.5) is 0 Å². The number of nitrogens with one attached hydrogen (secondary N) is 1. The Bertz CT molecular complexity index is 744. The van der Waals surface area contributed by atoms with Crippen molar-refractivity contribution >= 4 is 17.2 Å². The average molecular weight is 353 g/mol. The summed E-state index contributed by atoms with van der Waals surface area (Å²) in [4.78, 5) is 21.4. The fraction of sp³-hybridized carbons (Fsp3) is 0.550. The first kappa shape index (κ1) is 15.5. The Hall–Kier alpha value is -1.75. The molecule has 4 fully saturated rings. The molecule has 130 valence electrons. The molecule has 0 atom stereocenters. The lowest BCUT2D eigenvalue weighted by Crippen LogP contribution is -2.56. The van der Waals surface area contributed by atoms with Crippen molar-refractivity contribution in [2.24, 2.45) is 23.7 Å². The number of thiazole rings is 1. The number of carbonyl (C=O) groups excluding carboxylic acids is 1. The van der Waals surface area contributed by atoms with E-state index in [1.54, 1.807) is 17.5 Å². The highest BCUT2D eigenvalue weighted by Gasteiger charge is 2.48. The highest BCUT2D eigenvalue weighted by molar-refractivity contribution is 7.13. The number of nitrogens with zero attached hydrogens (tertiary/aromatic N) is 2. The Morgan fingerprint density at radius 2 is 1.92 bits per heavy atom. The highest BCUT2D eigenvalue weighted by atomic mass is 32.1. The lowest BCUT2D eigenvalue weighted by molar-refractivity contribution is -0.124. The number of hydrogen-bond acceptors (Lipinski definition) is 4. The lowest BCUT2D eigenvalue weighted by atomic mass is 9.54. The van der Waals surface area contributed by atoms with Gasteiger partial charge in [-0.1, -0.05) is 0 Å². The van der Waals surface area contributed by atoms with Crippen LogP contribution in [0, 0.1) is 23.7 Å². The van der Waals surface area contributed by atoms with E-state index in [4.69, 9.17) is 0 Å². The van der Waals surface area contributed by atoms with Crippen LogP contribution in [-0.2, 0) is 11.2 Å². The second kappa shape index (κ2) is 6.20. The normalized spacial score (nSPS) is 32.7. The largest absolute Gasteiger partial charge is 0.352 e. The van der Waals surface area contributed by atoms with Gasteiger partial charge in [0.2, 0.25) is 5.91 Å². The summed E-state index contributed by atoms with van der Waals surface area (Å²) in [5.74, 6) is 3.47. The molecule has 1 N–H and O–H groups in total. The van der Waals surface area contributed by atoms with E-state index in [-0.39, 0.29) is 5.91 Å². The van der Waals surface area contributed by atoms with Gasteiger partial charge in [0.15, 0.2) is 0 Å². The maximum absolute atomic E-state index is 12.6. The molecule has 1 amide bonds. The Morgan fingerprint density at radius 3 is 2.60 bits per heavy atom. The van der Waals surface area contributed by atoms with Crippen LogP contribution in [0.3, 0.4) is 0 Å². The molecule has 2 aromatic rings. The maximum atomic E-state index is 12.6. The van der Waals surface area contributed by atoms with E-state index in [0.717, 1.165) is 39.9 Å². The zero-order valence-electron chi connectivity index (χ0n) is 14.2. The molecule has 0 radical (unpaired) electrons. The maximum Gasteiger partial charge on any atom is 0.226 e. The fourth-order valence-electron chi connectivity index (χ4n) is 5.57. The Kier molecular flexibility index (Phi) is 3.85. The van der Waals surface area contributed by atoms with E-state index >= 15 is 0 Å². The van der Waals surface area contributed by atoms with Crippen molar-refractivity contribution in [2.45, 2.75) is 44.6 Å². The number of pyridine rings is 1. The number of aromatic nitrogens is 2. The molecule has 2 aromatic heterocycles. The zero-order chi connectivity index (χ0) is 16.8. The Labute approximate surface area is 152 Å². The van der Waals surface area contributed by atoms with E-state index in [9.17, 15) is 4.79 Å². The van der Waals surface area contributed by atoms with Crippen LogP contribution in [0.2, 0.25) is 0 Å². The van der Waals surface area contributed by atoms with Gasteiger partial charge >= 0.3 is 0 Å². The topological polar surface area (TPSA) is 54.9 Å². The van der Waals surface area contributed by atoms with Gasteiger partial charge in [0.05, 0.1) is 12.1 Å². The van der Waals surface area contributed by atoms with Gasteiger partial charge in [0.1, 0.15) is 5.01 Å². The molecule has 4 aliphatic rings. The van der Waals surface area contributed by atoms with Gasteiger partial charge in [-0.05, 0) is 67.9 Å². The monoisotopic (exact) mass is 353 g/mol. The summed E-state index contributed by atoms with van der Waals surface area (Å²) in [6.07, 6.45) is 10.7. The first-order valence-corrected chi connectivity index (χ1v) is 10.3. The molecule has 6 rings (SSSR count). The molecule has 0 unspecified atom stereocenters. The minimum atomic E-state index is 0.139. The fourth-order valence-corrected chi connectivity index (χ4v) is 6.38. The van der Waals surface area contributed by atoms with Crippen LogP contribution in [0.1, 0.15) is 37.8 Å². The molecule has 2 heterocycles. The molecule has 0 aliphatic heterocycles. The summed E-state index contributed by atoms with van der Waals surface area (Å²) >= 11 is 1.58. The van der Waals surface area contributed by atoms with Crippen molar-refractivity contribution < 1.29 is 4.79 Å². The standard InChI is InChI=1S/C20H23N3OS/c24-18(9-17-11-25-20(22-17)14-2-1-3-21-10-14)23-19-15-5-12-4-13(7-15)8-16(19)6-12/h1-3,10-13,15-16,19H,4-9H2,(H,23,24). The van der Waals surface area contributed by atoms with Crippen LogP contribution in [0.5, 0.6) is 0 Å². The smallest absolute Gasteiger partial charge is 0.226 e. The third kappa shape index (κ3) is 2.99.